The third kappa shape index (κ3) is 2.85. The molecule has 6 nitrogen and oxygen atoms in total. The van der Waals surface area contributed by atoms with Gasteiger partial charge < -0.3 is 15.6 Å². The molecule has 2 heterocycles. The zero-order valence-electron chi connectivity index (χ0n) is 9.62. The average molecular weight is 255 g/mol. The highest BCUT2D eigenvalue weighted by atomic mass is 19.1. The normalized spacial score (nSPS) is 22.2. The average Bonchev–Trinajstić information content (AvgIpc) is 2.85. The van der Waals surface area contributed by atoms with Gasteiger partial charge in [-0.2, -0.15) is 4.98 Å². The molecule has 7 heteroatoms. The van der Waals surface area contributed by atoms with Gasteiger partial charge in [-0.3, -0.25) is 4.57 Å². The Kier molecular flexibility index (Phi) is 4.83. The minimum absolute atomic E-state index is 0.115. The summed E-state index contributed by atoms with van der Waals surface area (Å²) in [6.45, 7) is -0.115. The van der Waals surface area contributed by atoms with E-state index in [1.165, 1.54) is 0 Å². The first kappa shape index (κ1) is 14.2. The summed E-state index contributed by atoms with van der Waals surface area (Å²) in [6.07, 6.45) is 9.26. The van der Waals surface area contributed by atoms with Crippen LogP contribution in [0.4, 0.5) is 10.2 Å². The molecular formula is C11H14FN3O3. The van der Waals surface area contributed by atoms with Gasteiger partial charge in [-0.25, -0.2) is 9.18 Å². The summed E-state index contributed by atoms with van der Waals surface area (Å²) >= 11 is 0. The smallest absolute Gasteiger partial charge is 0.351 e. The molecule has 2 unspecified atom stereocenters. The maximum absolute atomic E-state index is 13.1. The van der Waals surface area contributed by atoms with E-state index in [-0.39, 0.29) is 12.7 Å². The lowest BCUT2D eigenvalue weighted by molar-refractivity contribution is -0.0249. The lowest BCUT2D eigenvalue weighted by Crippen LogP contribution is -2.28. The van der Waals surface area contributed by atoms with E-state index in [1.807, 2.05) is 0 Å². The summed E-state index contributed by atoms with van der Waals surface area (Å²) in [5.74, 6) is -1.17. The number of nitrogens with zero attached hydrogens (tertiary/aromatic N) is 2. The molecule has 1 aliphatic rings. The van der Waals surface area contributed by atoms with Gasteiger partial charge in [0.1, 0.15) is 6.23 Å². The van der Waals surface area contributed by atoms with Crippen LogP contribution in [0.1, 0.15) is 19.1 Å². The van der Waals surface area contributed by atoms with Crippen LogP contribution in [-0.4, -0.2) is 27.4 Å². The van der Waals surface area contributed by atoms with E-state index in [0.717, 1.165) is 10.8 Å². The molecule has 2 atom stereocenters. The van der Waals surface area contributed by atoms with E-state index in [0.29, 0.717) is 12.8 Å². The summed E-state index contributed by atoms with van der Waals surface area (Å²) in [4.78, 5) is 14.8. The molecule has 0 radical (unpaired) electrons. The summed E-state index contributed by atoms with van der Waals surface area (Å²) in [5.41, 5.74) is 4.51. The molecule has 3 N–H and O–H groups in total. The topological polar surface area (TPSA) is 90.4 Å². The van der Waals surface area contributed by atoms with Gasteiger partial charge in [0.2, 0.25) is 0 Å². The Bertz CT molecular complexity index is 486. The van der Waals surface area contributed by atoms with Crippen molar-refractivity contribution in [2.24, 2.45) is 0 Å². The second kappa shape index (κ2) is 6.14. The monoisotopic (exact) mass is 255 g/mol. The lowest BCUT2D eigenvalue weighted by Gasteiger charge is -2.14. The minimum atomic E-state index is -0.754. The Morgan fingerprint density at radius 2 is 2.28 bits per heavy atom. The Labute approximate surface area is 103 Å². The summed E-state index contributed by atoms with van der Waals surface area (Å²) in [7, 11) is 0. The van der Waals surface area contributed by atoms with Crippen molar-refractivity contribution in [2.45, 2.75) is 25.2 Å². The largest absolute Gasteiger partial charge is 0.394 e. The minimum Gasteiger partial charge on any atom is -0.394 e. The number of nitrogens with two attached hydrogens (primary N) is 1. The van der Waals surface area contributed by atoms with Crippen LogP contribution in [-0.2, 0) is 4.74 Å². The van der Waals surface area contributed by atoms with Gasteiger partial charge in [0.25, 0.3) is 0 Å². The van der Waals surface area contributed by atoms with Gasteiger partial charge in [-0.05, 0) is 12.8 Å². The first-order valence-corrected chi connectivity index (χ1v) is 5.25. The third-order valence-corrected chi connectivity index (χ3v) is 2.53. The molecule has 1 aliphatic heterocycles. The zero-order chi connectivity index (χ0) is 13.7. The second-order valence-corrected chi connectivity index (χ2v) is 3.64. The van der Waals surface area contributed by atoms with Gasteiger partial charge in [0, 0.05) is 0 Å². The molecule has 1 aromatic rings. The summed E-state index contributed by atoms with van der Waals surface area (Å²) < 4.78 is 19.5. The van der Waals surface area contributed by atoms with Crippen LogP contribution in [0.3, 0.4) is 0 Å². The van der Waals surface area contributed by atoms with Gasteiger partial charge in [0.15, 0.2) is 11.6 Å². The summed E-state index contributed by atoms with van der Waals surface area (Å²) in [5, 5.41) is 8.88. The number of halogens is 1. The van der Waals surface area contributed by atoms with Gasteiger partial charge in [-0.1, -0.05) is 0 Å². The van der Waals surface area contributed by atoms with Crippen molar-refractivity contribution >= 4 is 5.82 Å². The van der Waals surface area contributed by atoms with Crippen molar-refractivity contribution in [1.29, 1.82) is 0 Å². The van der Waals surface area contributed by atoms with Crippen LogP contribution in [0.25, 0.3) is 0 Å². The maximum atomic E-state index is 13.1. The van der Waals surface area contributed by atoms with Gasteiger partial charge in [0.05, 0.1) is 18.9 Å². The quantitative estimate of drug-likeness (QED) is 0.719. The molecule has 0 aromatic carbocycles. The standard InChI is InChI=1S/C9H12FN3O3.C2H2/c10-6-3-13(9(15)12-8(6)11)7-2-1-5(4-14)16-7;1-2/h3,5,7,14H,1-2,4H2,(H2,11,12,15);1-2H. The van der Waals surface area contributed by atoms with E-state index in [2.05, 4.69) is 17.8 Å². The van der Waals surface area contributed by atoms with E-state index < -0.39 is 23.6 Å². The fourth-order valence-corrected chi connectivity index (χ4v) is 1.69. The van der Waals surface area contributed by atoms with Crippen LogP contribution in [0.15, 0.2) is 11.0 Å². The van der Waals surface area contributed by atoms with Crippen molar-refractivity contribution in [3.05, 3.63) is 22.5 Å². The fourth-order valence-electron chi connectivity index (χ4n) is 1.69. The number of anilines is 1. The highest BCUT2D eigenvalue weighted by Gasteiger charge is 2.27. The van der Waals surface area contributed by atoms with E-state index in [9.17, 15) is 9.18 Å². The number of rotatable bonds is 2. The molecule has 0 saturated carbocycles. The Hall–Kier alpha value is -1.91. The van der Waals surface area contributed by atoms with Gasteiger partial charge in [-0.15, -0.1) is 12.8 Å². The van der Waals surface area contributed by atoms with E-state index in [4.69, 9.17) is 15.6 Å². The molecule has 0 bridgehead atoms. The molecule has 2 rings (SSSR count). The molecule has 0 spiro atoms. The number of nitrogen functional groups attached to an aromatic ring is 1. The molecular weight excluding hydrogens is 241 g/mol. The third-order valence-electron chi connectivity index (χ3n) is 2.53. The van der Waals surface area contributed by atoms with Crippen molar-refractivity contribution in [2.75, 3.05) is 12.3 Å². The molecule has 1 saturated heterocycles. The number of terminal acetylenes is 1. The number of ether oxygens (including phenoxy) is 1. The highest BCUT2D eigenvalue weighted by molar-refractivity contribution is 5.26. The SMILES string of the molecule is C#C.Nc1nc(=O)n(C2CCC(CO)O2)cc1F. The Morgan fingerprint density at radius 1 is 1.61 bits per heavy atom. The fraction of sp³-hybridized carbons (Fsp3) is 0.455. The Morgan fingerprint density at radius 3 is 2.83 bits per heavy atom. The first-order chi connectivity index (χ1) is 8.61. The molecule has 1 fully saturated rings. The van der Waals surface area contributed by atoms with Gasteiger partial charge >= 0.3 is 5.69 Å². The van der Waals surface area contributed by atoms with E-state index in [1.54, 1.807) is 0 Å². The van der Waals surface area contributed by atoms with Crippen LogP contribution < -0.4 is 11.4 Å². The van der Waals surface area contributed by atoms with Crippen LogP contribution >= 0.6 is 0 Å². The lowest BCUT2D eigenvalue weighted by atomic mass is 10.2. The first-order valence-electron chi connectivity index (χ1n) is 5.25. The second-order valence-electron chi connectivity index (χ2n) is 3.64. The van der Waals surface area contributed by atoms with Crippen molar-refractivity contribution in [3.63, 3.8) is 0 Å². The number of hydrogen-bond acceptors (Lipinski definition) is 5. The number of aliphatic hydroxyl groups excluding tert-OH is 1. The number of aromatic nitrogens is 2. The number of hydrogen-bond donors (Lipinski definition) is 2. The molecule has 98 valence electrons. The van der Waals surface area contributed by atoms with Crippen LogP contribution in [0, 0.1) is 18.7 Å². The number of aliphatic hydroxyl groups is 1. The molecule has 0 amide bonds. The maximum Gasteiger partial charge on any atom is 0.351 e. The summed E-state index contributed by atoms with van der Waals surface area (Å²) in [6, 6.07) is 0. The predicted molar refractivity (Wildman–Crippen MR) is 63.0 cm³/mol. The Balaban J connectivity index is 0.000000771. The molecule has 1 aromatic heterocycles. The van der Waals surface area contributed by atoms with Crippen molar-refractivity contribution in [1.82, 2.24) is 9.55 Å². The molecule has 0 aliphatic carbocycles. The zero-order valence-corrected chi connectivity index (χ0v) is 9.62. The predicted octanol–water partition coefficient (Wildman–Crippen LogP) is -0.116. The van der Waals surface area contributed by atoms with Crippen LogP contribution in [0.2, 0.25) is 0 Å². The van der Waals surface area contributed by atoms with Crippen molar-refractivity contribution in [3.8, 4) is 12.8 Å². The van der Waals surface area contributed by atoms with Crippen LogP contribution in [0.5, 0.6) is 0 Å². The highest BCUT2D eigenvalue weighted by Crippen LogP contribution is 2.26. The van der Waals surface area contributed by atoms with E-state index >= 15 is 0 Å². The van der Waals surface area contributed by atoms with Crippen molar-refractivity contribution < 1.29 is 14.2 Å². The molecule has 18 heavy (non-hydrogen) atoms.